The van der Waals surface area contributed by atoms with Crippen LogP contribution in [-0.2, 0) is 0 Å². The maximum absolute atomic E-state index is 6.27. The van der Waals surface area contributed by atoms with Crippen LogP contribution in [0, 0.1) is 0 Å². The molecule has 7 heteroatoms. The lowest BCUT2D eigenvalue weighted by Gasteiger charge is -2.31. The van der Waals surface area contributed by atoms with Gasteiger partial charge in [0.25, 0.3) is 0 Å². The van der Waals surface area contributed by atoms with Crippen LogP contribution in [0.1, 0.15) is 18.9 Å². The number of thiazole rings is 1. The monoisotopic (exact) mass is 378 g/mol. The van der Waals surface area contributed by atoms with E-state index in [9.17, 15) is 0 Å². The van der Waals surface area contributed by atoms with Crippen LogP contribution < -0.4 is 4.90 Å². The highest BCUT2D eigenvalue weighted by Crippen LogP contribution is 2.34. The van der Waals surface area contributed by atoms with E-state index < -0.39 is 0 Å². The first-order chi connectivity index (χ1) is 11.7. The molecule has 0 spiro atoms. The summed E-state index contributed by atoms with van der Waals surface area (Å²) < 4.78 is 1.98. The summed E-state index contributed by atoms with van der Waals surface area (Å²) in [6.07, 6.45) is 5.68. The second-order valence-corrected chi connectivity index (χ2v) is 7.53. The number of hydrogen-bond donors (Lipinski definition) is 0. The molecule has 1 aliphatic heterocycles. The predicted octanol–water partition coefficient (Wildman–Crippen LogP) is 5.15. The average Bonchev–Trinajstić information content (AvgIpc) is 3.25. The number of aromatic nitrogens is 3. The first-order valence-corrected chi connectivity index (χ1v) is 9.49. The lowest BCUT2D eigenvalue weighted by molar-refractivity contribution is 0.367. The van der Waals surface area contributed by atoms with Crippen molar-refractivity contribution in [1.29, 1.82) is 0 Å². The molecule has 0 amide bonds. The van der Waals surface area contributed by atoms with Crippen molar-refractivity contribution >= 4 is 39.7 Å². The van der Waals surface area contributed by atoms with Gasteiger partial charge < -0.3 is 4.90 Å². The molecule has 0 radical (unpaired) electrons. The smallest absolute Gasteiger partial charge is 0.185 e. The summed E-state index contributed by atoms with van der Waals surface area (Å²) >= 11 is 13.9. The van der Waals surface area contributed by atoms with Crippen LogP contribution in [-0.4, -0.2) is 27.9 Å². The molecule has 1 aromatic carbocycles. The van der Waals surface area contributed by atoms with Crippen molar-refractivity contribution in [1.82, 2.24) is 14.8 Å². The molecular formula is C17H16Cl2N4S. The zero-order chi connectivity index (χ0) is 16.5. The van der Waals surface area contributed by atoms with E-state index in [1.54, 1.807) is 17.5 Å². The minimum atomic E-state index is 0.414. The van der Waals surface area contributed by atoms with Gasteiger partial charge in [0, 0.05) is 35.3 Å². The fourth-order valence-corrected chi connectivity index (χ4v) is 4.29. The molecule has 0 unspecified atom stereocenters. The SMILES string of the molecule is Clc1cnn(C2CCN(c3nc(-c4ccccc4Cl)cs3)CC2)c1. The van der Waals surface area contributed by atoms with Crippen LogP contribution in [0.5, 0.6) is 0 Å². The maximum Gasteiger partial charge on any atom is 0.185 e. The van der Waals surface area contributed by atoms with Gasteiger partial charge in [-0.3, -0.25) is 4.68 Å². The minimum Gasteiger partial charge on any atom is -0.348 e. The lowest BCUT2D eigenvalue weighted by Crippen LogP contribution is -2.34. The zero-order valence-electron chi connectivity index (χ0n) is 12.9. The molecule has 0 aliphatic carbocycles. The molecule has 1 saturated heterocycles. The number of nitrogens with zero attached hydrogens (tertiary/aromatic N) is 4. The summed E-state index contributed by atoms with van der Waals surface area (Å²) in [6.45, 7) is 1.94. The van der Waals surface area contributed by atoms with Gasteiger partial charge in [-0.05, 0) is 18.9 Å². The Labute approximate surface area is 154 Å². The van der Waals surface area contributed by atoms with Crippen molar-refractivity contribution in [3.8, 4) is 11.3 Å². The van der Waals surface area contributed by atoms with Gasteiger partial charge in [-0.25, -0.2) is 4.98 Å². The number of rotatable bonds is 3. The Morgan fingerprint density at radius 3 is 2.62 bits per heavy atom. The van der Waals surface area contributed by atoms with E-state index in [1.807, 2.05) is 35.1 Å². The summed E-state index contributed by atoms with van der Waals surface area (Å²) in [4.78, 5) is 7.12. The highest BCUT2D eigenvalue weighted by Gasteiger charge is 2.23. The normalized spacial score (nSPS) is 15.8. The van der Waals surface area contributed by atoms with Crippen LogP contribution in [0.25, 0.3) is 11.3 Å². The van der Waals surface area contributed by atoms with E-state index in [0.717, 1.165) is 47.3 Å². The van der Waals surface area contributed by atoms with Crippen LogP contribution in [0.4, 0.5) is 5.13 Å². The topological polar surface area (TPSA) is 34.0 Å². The van der Waals surface area contributed by atoms with Crippen LogP contribution in [0.2, 0.25) is 10.0 Å². The third-order valence-corrected chi connectivity index (χ3v) is 5.75. The van der Waals surface area contributed by atoms with Crippen LogP contribution in [0.3, 0.4) is 0 Å². The summed E-state index contributed by atoms with van der Waals surface area (Å²) in [7, 11) is 0. The number of halogens is 2. The maximum atomic E-state index is 6.27. The van der Waals surface area contributed by atoms with Crippen molar-refractivity contribution in [3.05, 3.63) is 52.1 Å². The fraction of sp³-hybridized carbons (Fsp3) is 0.294. The number of hydrogen-bond acceptors (Lipinski definition) is 4. The van der Waals surface area contributed by atoms with E-state index in [0.29, 0.717) is 11.1 Å². The van der Waals surface area contributed by atoms with Gasteiger partial charge in [-0.1, -0.05) is 41.4 Å². The van der Waals surface area contributed by atoms with Crippen LogP contribution >= 0.6 is 34.5 Å². The Morgan fingerprint density at radius 2 is 1.92 bits per heavy atom. The molecule has 3 heterocycles. The number of anilines is 1. The van der Waals surface area contributed by atoms with Gasteiger partial charge in [0.2, 0.25) is 0 Å². The van der Waals surface area contributed by atoms with Crippen molar-refractivity contribution in [2.75, 3.05) is 18.0 Å². The summed E-state index contributed by atoms with van der Waals surface area (Å²) in [6, 6.07) is 8.24. The molecule has 3 aromatic rings. The Morgan fingerprint density at radius 1 is 1.12 bits per heavy atom. The van der Waals surface area contributed by atoms with Gasteiger partial charge in [0.15, 0.2) is 5.13 Å². The molecule has 4 nitrogen and oxygen atoms in total. The molecule has 0 N–H and O–H groups in total. The largest absolute Gasteiger partial charge is 0.348 e. The van der Waals surface area contributed by atoms with Gasteiger partial charge in [-0.15, -0.1) is 11.3 Å². The molecule has 1 aliphatic rings. The Kier molecular flexibility index (Phi) is 4.48. The summed E-state index contributed by atoms with van der Waals surface area (Å²) in [5.74, 6) is 0. The van der Waals surface area contributed by atoms with Gasteiger partial charge in [-0.2, -0.15) is 5.10 Å². The summed E-state index contributed by atoms with van der Waals surface area (Å²) in [5, 5.41) is 8.90. The third-order valence-electron chi connectivity index (χ3n) is 4.32. The molecule has 0 atom stereocenters. The highest BCUT2D eigenvalue weighted by molar-refractivity contribution is 7.14. The quantitative estimate of drug-likeness (QED) is 0.631. The first kappa shape index (κ1) is 15.9. The molecule has 24 heavy (non-hydrogen) atoms. The minimum absolute atomic E-state index is 0.414. The van der Waals surface area contributed by atoms with E-state index in [1.165, 1.54) is 0 Å². The third kappa shape index (κ3) is 3.16. The lowest BCUT2D eigenvalue weighted by atomic mass is 10.1. The molecule has 0 saturated carbocycles. The van der Waals surface area contributed by atoms with Crippen molar-refractivity contribution in [3.63, 3.8) is 0 Å². The summed E-state index contributed by atoms with van der Waals surface area (Å²) in [5.41, 5.74) is 1.93. The van der Waals surface area contributed by atoms with Crippen molar-refractivity contribution in [2.45, 2.75) is 18.9 Å². The predicted molar refractivity (Wildman–Crippen MR) is 100 cm³/mol. The molecule has 4 rings (SSSR count). The standard InChI is InChI=1S/C17H16Cl2N4S/c18-12-9-20-23(10-12)13-5-7-22(8-6-13)17-21-16(11-24-17)14-3-1-2-4-15(14)19/h1-4,9-11,13H,5-8H2. The average molecular weight is 379 g/mol. The number of piperidine rings is 1. The van der Waals surface area contributed by atoms with Crippen molar-refractivity contribution in [2.24, 2.45) is 0 Å². The van der Waals surface area contributed by atoms with Gasteiger partial charge in [0.05, 0.1) is 23.0 Å². The van der Waals surface area contributed by atoms with E-state index >= 15 is 0 Å². The second-order valence-electron chi connectivity index (χ2n) is 5.85. The van der Waals surface area contributed by atoms with E-state index in [-0.39, 0.29) is 0 Å². The number of benzene rings is 1. The first-order valence-electron chi connectivity index (χ1n) is 7.86. The second kappa shape index (κ2) is 6.75. The van der Waals surface area contributed by atoms with Crippen molar-refractivity contribution < 1.29 is 0 Å². The molecule has 124 valence electrons. The van der Waals surface area contributed by atoms with E-state index in [2.05, 4.69) is 15.4 Å². The zero-order valence-corrected chi connectivity index (χ0v) is 15.2. The fourth-order valence-electron chi connectivity index (χ4n) is 3.04. The van der Waals surface area contributed by atoms with E-state index in [4.69, 9.17) is 28.2 Å². The Hall–Kier alpha value is -1.56. The Balaban J connectivity index is 1.46. The molecular weight excluding hydrogens is 363 g/mol. The van der Waals surface area contributed by atoms with Crippen LogP contribution in [0.15, 0.2) is 42.0 Å². The molecule has 1 fully saturated rings. The highest BCUT2D eigenvalue weighted by atomic mass is 35.5. The molecule has 2 aromatic heterocycles. The Bertz CT molecular complexity index is 836. The van der Waals surface area contributed by atoms with Gasteiger partial charge in [0.1, 0.15) is 0 Å². The van der Waals surface area contributed by atoms with Gasteiger partial charge >= 0.3 is 0 Å². The molecule has 0 bridgehead atoms.